The molecule has 0 spiro atoms. The minimum atomic E-state index is -3.04. The molecule has 6 nitrogen and oxygen atoms in total. The number of carbonyl (C=O) groups is 2. The molecular formula is C22H23F2NO5. The van der Waals surface area contributed by atoms with Crippen LogP contribution in [0.4, 0.5) is 8.78 Å². The highest BCUT2D eigenvalue weighted by Crippen LogP contribution is 2.45. The van der Waals surface area contributed by atoms with E-state index in [-0.39, 0.29) is 35.5 Å². The maximum absolute atomic E-state index is 12.8. The molecule has 0 saturated heterocycles. The van der Waals surface area contributed by atoms with E-state index < -0.39 is 6.61 Å². The Morgan fingerprint density at radius 2 is 1.93 bits per heavy atom. The summed E-state index contributed by atoms with van der Waals surface area (Å²) in [7, 11) is 1.31. The van der Waals surface area contributed by atoms with Crippen LogP contribution in [-0.2, 0) is 11.3 Å². The molecule has 0 bridgehead atoms. The standard InChI is InChI=1S/C22H23F2NO5/c1-3-4-5-15(26)12-29-19-16(8-9-18(20(19)28-2)30-22(23)24)13-6-7-17-14(10-13)11-25-21(17)27/h6-10,22H,3-5,11-12H2,1-2H3,(H,25,27). The van der Waals surface area contributed by atoms with Crippen molar-refractivity contribution >= 4 is 11.7 Å². The molecule has 0 unspecified atom stereocenters. The van der Waals surface area contributed by atoms with Crippen LogP contribution in [0, 0.1) is 0 Å². The number of hydrogen-bond acceptors (Lipinski definition) is 5. The van der Waals surface area contributed by atoms with E-state index in [2.05, 4.69) is 10.1 Å². The van der Waals surface area contributed by atoms with Gasteiger partial charge in [0.1, 0.15) is 6.61 Å². The van der Waals surface area contributed by atoms with Crippen LogP contribution in [0.2, 0.25) is 0 Å². The van der Waals surface area contributed by atoms with Gasteiger partial charge in [-0.1, -0.05) is 19.4 Å². The first-order valence-electron chi connectivity index (χ1n) is 9.66. The van der Waals surface area contributed by atoms with Crippen molar-refractivity contribution in [1.82, 2.24) is 5.32 Å². The maximum atomic E-state index is 12.8. The predicted octanol–water partition coefficient (Wildman–Crippen LogP) is 4.35. The fourth-order valence-electron chi connectivity index (χ4n) is 3.30. The van der Waals surface area contributed by atoms with Crippen LogP contribution < -0.4 is 19.5 Å². The number of alkyl halides is 2. The van der Waals surface area contributed by atoms with Crippen LogP contribution in [0.15, 0.2) is 30.3 Å². The summed E-state index contributed by atoms with van der Waals surface area (Å²) in [5.74, 6) is -0.324. The Morgan fingerprint density at radius 3 is 2.63 bits per heavy atom. The van der Waals surface area contributed by atoms with Crippen LogP contribution in [0.1, 0.15) is 42.1 Å². The van der Waals surface area contributed by atoms with Gasteiger partial charge in [0, 0.05) is 24.1 Å². The van der Waals surface area contributed by atoms with Gasteiger partial charge in [0.2, 0.25) is 5.75 Å². The molecule has 0 aromatic heterocycles. The number of ketones is 1. The van der Waals surface area contributed by atoms with E-state index in [9.17, 15) is 18.4 Å². The van der Waals surface area contributed by atoms with Crippen molar-refractivity contribution in [2.75, 3.05) is 13.7 Å². The molecule has 30 heavy (non-hydrogen) atoms. The molecule has 8 heteroatoms. The first-order valence-corrected chi connectivity index (χ1v) is 9.66. The molecular weight excluding hydrogens is 396 g/mol. The molecule has 1 N–H and O–H groups in total. The third kappa shape index (κ3) is 4.69. The minimum Gasteiger partial charge on any atom is -0.490 e. The number of hydrogen-bond donors (Lipinski definition) is 1. The van der Waals surface area contributed by atoms with Crippen molar-refractivity contribution in [3.63, 3.8) is 0 Å². The Balaban J connectivity index is 2.01. The van der Waals surface area contributed by atoms with Gasteiger partial charge in [-0.15, -0.1) is 0 Å². The van der Waals surface area contributed by atoms with E-state index >= 15 is 0 Å². The molecule has 1 aliphatic heterocycles. The summed E-state index contributed by atoms with van der Waals surface area (Å²) in [5.41, 5.74) is 2.64. The molecule has 0 saturated carbocycles. The molecule has 1 heterocycles. The summed E-state index contributed by atoms with van der Waals surface area (Å²) in [6, 6.07) is 8.18. The second-order valence-electron chi connectivity index (χ2n) is 6.84. The Hall–Kier alpha value is -3.16. The molecule has 0 aliphatic carbocycles. The van der Waals surface area contributed by atoms with Gasteiger partial charge in [0.25, 0.3) is 5.91 Å². The second kappa shape index (κ2) is 9.56. The Labute approximate surface area is 173 Å². The number of unbranched alkanes of at least 4 members (excludes halogenated alkanes) is 1. The average Bonchev–Trinajstić information content (AvgIpc) is 3.10. The molecule has 1 aliphatic rings. The zero-order valence-corrected chi connectivity index (χ0v) is 16.8. The molecule has 160 valence electrons. The Kier molecular flexibility index (Phi) is 6.87. The molecule has 0 fully saturated rings. The third-order valence-corrected chi connectivity index (χ3v) is 4.78. The van der Waals surface area contributed by atoms with Crippen molar-refractivity contribution in [2.45, 2.75) is 39.3 Å². The van der Waals surface area contributed by atoms with Gasteiger partial charge in [-0.2, -0.15) is 8.78 Å². The topological polar surface area (TPSA) is 73.9 Å². The van der Waals surface area contributed by atoms with Gasteiger partial charge < -0.3 is 19.5 Å². The predicted molar refractivity (Wildman–Crippen MR) is 106 cm³/mol. The van der Waals surface area contributed by atoms with Crippen LogP contribution >= 0.6 is 0 Å². The molecule has 0 atom stereocenters. The van der Waals surface area contributed by atoms with E-state index in [0.717, 1.165) is 18.4 Å². The SMILES string of the molecule is CCCCC(=O)COc1c(-c2ccc3c(c2)CNC3=O)ccc(OC(F)F)c1OC. The van der Waals surface area contributed by atoms with Gasteiger partial charge in [-0.05, 0) is 41.8 Å². The number of halogens is 2. The van der Waals surface area contributed by atoms with E-state index in [1.54, 1.807) is 18.2 Å². The number of carbonyl (C=O) groups excluding carboxylic acids is 2. The quantitative estimate of drug-likeness (QED) is 0.620. The summed E-state index contributed by atoms with van der Waals surface area (Å²) in [6.07, 6.45) is 1.99. The fraction of sp³-hybridized carbons (Fsp3) is 0.364. The fourth-order valence-corrected chi connectivity index (χ4v) is 3.30. The van der Waals surface area contributed by atoms with Crippen LogP contribution in [0.5, 0.6) is 17.2 Å². The van der Waals surface area contributed by atoms with Crippen molar-refractivity contribution in [3.8, 4) is 28.4 Å². The van der Waals surface area contributed by atoms with E-state index in [1.807, 2.05) is 13.0 Å². The second-order valence-corrected chi connectivity index (χ2v) is 6.84. The summed E-state index contributed by atoms with van der Waals surface area (Å²) in [5, 5.41) is 2.75. The molecule has 3 rings (SSSR count). The smallest absolute Gasteiger partial charge is 0.387 e. The van der Waals surface area contributed by atoms with Gasteiger partial charge in [-0.25, -0.2) is 0 Å². The normalized spacial score (nSPS) is 12.5. The van der Waals surface area contributed by atoms with Gasteiger partial charge in [-0.3, -0.25) is 9.59 Å². The number of Topliss-reactive ketones (excluding diaryl/α,β-unsaturated/α-hetero) is 1. The van der Waals surface area contributed by atoms with Crippen LogP contribution in [0.3, 0.4) is 0 Å². The lowest BCUT2D eigenvalue weighted by atomic mass is 9.99. The lowest BCUT2D eigenvalue weighted by molar-refractivity contribution is -0.121. The van der Waals surface area contributed by atoms with Crippen molar-refractivity contribution in [1.29, 1.82) is 0 Å². The van der Waals surface area contributed by atoms with Crippen molar-refractivity contribution in [2.24, 2.45) is 0 Å². The number of nitrogens with one attached hydrogen (secondary N) is 1. The molecule has 2 aromatic carbocycles. The zero-order valence-electron chi connectivity index (χ0n) is 16.8. The number of rotatable bonds is 10. The summed E-state index contributed by atoms with van der Waals surface area (Å²) in [6.45, 7) is -0.876. The Bertz CT molecular complexity index is 945. The lowest BCUT2D eigenvalue weighted by Crippen LogP contribution is -2.13. The van der Waals surface area contributed by atoms with Gasteiger partial charge >= 0.3 is 6.61 Å². The van der Waals surface area contributed by atoms with E-state index in [1.165, 1.54) is 13.2 Å². The maximum Gasteiger partial charge on any atom is 0.387 e. The van der Waals surface area contributed by atoms with E-state index in [0.29, 0.717) is 29.7 Å². The van der Waals surface area contributed by atoms with Crippen molar-refractivity contribution < 1.29 is 32.6 Å². The zero-order chi connectivity index (χ0) is 21.7. The monoisotopic (exact) mass is 419 g/mol. The van der Waals surface area contributed by atoms with E-state index in [4.69, 9.17) is 9.47 Å². The summed E-state index contributed by atoms with van der Waals surface area (Å²) < 4.78 is 41.2. The lowest BCUT2D eigenvalue weighted by Gasteiger charge is -2.18. The minimum absolute atomic E-state index is 0.0224. The van der Waals surface area contributed by atoms with Gasteiger partial charge in [0.15, 0.2) is 17.3 Å². The first kappa shape index (κ1) is 21.5. The number of ether oxygens (including phenoxy) is 3. The number of fused-ring (bicyclic) bond motifs is 1. The highest BCUT2D eigenvalue weighted by atomic mass is 19.3. The largest absolute Gasteiger partial charge is 0.490 e. The molecule has 2 aromatic rings. The summed E-state index contributed by atoms with van der Waals surface area (Å²) in [4.78, 5) is 23.9. The highest BCUT2D eigenvalue weighted by Gasteiger charge is 2.24. The molecule has 1 amide bonds. The number of benzene rings is 2. The first-order chi connectivity index (χ1) is 14.4. The Morgan fingerprint density at radius 1 is 1.17 bits per heavy atom. The van der Waals surface area contributed by atoms with Crippen LogP contribution in [-0.4, -0.2) is 32.0 Å². The third-order valence-electron chi connectivity index (χ3n) is 4.78. The highest BCUT2D eigenvalue weighted by molar-refractivity contribution is 5.99. The summed E-state index contributed by atoms with van der Waals surface area (Å²) >= 11 is 0. The molecule has 0 radical (unpaired) electrons. The van der Waals surface area contributed by atoms with Gasteiger partial charge in [0.05, 0.1) is 7.11 Å². The van der Waals surface area contributed by atoms with Crippen molar-refractivity contribution in [3.05, 3.63) is 41.5 Å². The number of amides is 1. The average molecular weight is 419 g/mol. The van der Waals surface area contributed by atoms with Crippen LogP contribution in [0.25, 0.3) is 11.1 Å². The number of methoxy groups -OCH3 is 1.